The number of nitro benzene ring substituents is 1. The third kappa shape index (κ3) is 2.39. The Morgan fingerprint density at radius 1 is 1.18 bits per heavy atom. The van der Waals surface area contributed by atoms with E-state index in [0.717, 1.165) is 16.8 Å². The first-order chi connectivity index (χ1) is 10.5. The molecule has 0 saturated heterocycles. The molecule has 1 aromatic heterocycles. The second-order valence-corrected chi connectivity index (χ2v) is 5.34. The minimum atomic E-state index is -0.421. The Morgan fingerprint density at radius 3 is 2.64 bits per heavy atom. The number of non-ortho nitro benzene ring substituents is 1. The number of aryl methyl sites for hydroxylation is 1. The first kappa shape index (κ1) is 14.1. The summed E-state index contributed by atoms with van der Waals surface area (Å²) in [5.74, 6) is 0.382. The van der Waals surface area contributed by atoms with Gasteiger partial charge in [0.25, 0.3) is 5.69 Å². The van der Waals surface area contributed by atoms with E-state index in [2.05, 4.69) is 4.98 Å². The van der Waals surface area contributed by atoms with Crippen LogP contribution in [0.3, 0.4) is 0 Å². The molecule has 2 aromatic carbocycles. The zero-order valence-electron chi connectivity index (χ0n) is 12.5. The normalized spacial score (nSPS) is 10.9. The van der Waals surface area contributed by atoms with E-state index in [0.29, 0.717) is 17.0 Å². The van der Waals surface area contributed by atoms with Crippen LogP contribution in [0.25, 0.3) is 22.6 Å². The Kier molecular flexibility index (Phi) is 3.29. The molecule has 0 bridgehead atoms. The lowest BCUT2D eigenvalue weighted by Gasteiger charge is -2.15. The van der Waals surface area contributed by atoms with Crippen LogP contribution < -0.4 is 4.90 Å². The van der Waals surface area contributed by atoms with Crippen molar-refractivity contribution in [1.29, 1.82) is 0 Å². The van der Waals surface area contributed by atoms with Gasteiger partial charge in [0.2, 0.25) is 5.89 Å². The summed E-state index contributed by atoms with van der Waals surface area (Å²) in [5.41, 5.74) is 3.92. The standard InChI is InChI=1S/C16H15N3O3/c1-10-4-7-15-13(8-10)17-16(22-15)12-9-11(19(20)21)5-6-14(12)18(2)3/h4-9H,1-3H3. The van der Waals surface area contributed by atoms with Gasteiger partial charge in [0.15, 0.2) is 5.58 Å². The van der Waals surface area contributed by atoms with Crippen LogP contribution in [0.15, 0.2) is 40.8 Å². The van der Waals surface area contributed by atoms with Crippen molar-refractivity contribution >= 4 is 22.5 Å². The van der Waals surface area contributed by atoms with Gasteiger partial charge in [-0.2, -0.15) is 0 Å². The topological polar surface area (TPSA) is 72.4 Å². The quantitative estimate of drug-likeness (QED) is 0.543. The van der Waals surface area contributed by atoms with Crippen molar-refractivity contribution in [2.45, 2.75) is 6.92 Å². The second-order valence-electron chi connectivity index (χ2n) is 5.34. The smallest absolute Gasteiger partial charge is 0.270 e. The summed E-state index contributed by atoms with van der Waals surface area (Å²) in [6.07, 6.45) is 0. The molecule has 0 saturated carbocycles. The van der Waals surface area contributed by atoms with Gasteiger partial charge in [-0.1, -0.05) is 6.07 Å². The van der Waals surface area contributed by atoms with Crippen LogP contribution in [-0.4, -0.2) is 24.0 Å². The van der Waals surface area contributed by atoms with Crippen molar-refractivity contribution in [2.75, 3.05) is 19.0 Å². The van der Waals surface area contributed by atoms with Crippen molar-refractivity contribution in [1.82, 2.24) is 4.98 Å². The molecule has 3 aromatic rings. The summed E-state index contributed by atoms with van der Waals surface area (Å²) < 4.78 is 5.77. The van der Waals surface area contributed by atoms with Gasteiger partial charge in [-0.25, -0.2) is 4.98 Å². The van der Waals surface area contributed by atoms with Gasteiger partial charge in [-0.15, -0.1) is 0 Å². The van der Waals surface area contributed by atoms with Gasteiger partial charge >= 0.3 is 0 Å². The highest BCUT2D eigenvalue weighted by atomic mass is 16.6. The summed E-state index contributed by atoms with van der Waals surface area (Å²) in [4.78, 5) is 16.9. The first-order valence-corrected chi connectivity index (χ1v) is 6.79. The van der Waals surface area contributed by atoms with Gasteiger partial charge in [0.05, 0.1) is 10.5 Å². The van der Waals surface area contributed by atoms with E-state index in [1.807, 2.05) is 44.1 Å². The van der Waals surface area contributed by atoms with Gasteiger partial charge in [-0.05, 0) is 30.7 Å². The fraction of sp³-hybridized carbons (Fsp3) is 0.188. The van der Waals surface area contributed by atoms with Crippen LogP contribution in [0, 0.1) is 17.0 Å². The minimum absolute atomic E-state index is 0.0130. The summed E-state index contributed by atoms with van der Waals surface area (Å²) in [5, 5.41) is 11.0. The molecule has 0 atom stereocenters. The number of aromatic nitrogens is 1. The van der Waals surface area contributed by atoms with Crippen LogP contribution in [-0.2, 0) is 0 Å². The Hall–Kier alpha value is -2.89. The maximum Gasteiger partial charge on any atom is 0.270 e. The lowest BCUT2D eigenvalue weighted by atomic mass is 10.1. The van der Waals surface area contributed by atoms with E-state index in [-0.39, 0.29) is 5.69 Å². The molecule has 0 unspecified atom stereocenters. The Bertz CT molecular complexity index is 868. The lowest BCUT2D eigenvalue weighted by molar-refractivity contribution is -0.384. The summed E-state index contributed by atoms with van der Waals surface area (Å²) in [7, 11) is 3.74. The number of rotatable bonds is 3. The summed E-state index contributed by atoms with van der Waals surface area (Å²) in [6.45, 7) is 1.98. The maximum atomic E-state index is 11.0. The SMILES string of the molecule is Cc1ccc2oc(-c3cc([N+](=O)[O-])ccc3N(C)C)nc2c1. The highest BCUT2D eigenvalue weighted by molar-refractivity contribution is 5.82. The van der Waals surface area contributed by atoms with E-state index in [1.54, 1.807) is 6.07 Å². The van der Waals surface area contributed by atoms with Crippen LogP contribution in [0.2, 0.25) is 0 Å². The fourth-order valence-electron chi connectivity index (χ4n) is 2.35. The highest BCUT2D eigenvalue weighted by Crippen LogP contribution is 2.34. The largest absolute Gasteiger partial charge is 0.436 e. The number of oxazole rings is 1. The number of benzene rings is 2. The van der Waals surface area contributed by atoms with E-state index >= 15 is 0 Å². The molecule has 112 valence electrons. The monoisotopic (exact) mass is 297 g/mol. The molecular weight excluding hydrogens is 282 g/mol. The Morgan fingerprint density at radius 2 is 1.95 bits per heavy atom. The van der Waals surface area contributed by atoms with Crippen LogP contribution in [0.1, 0.15) is 5.56 Å². The molecule has 0 N–H and O–H groups in total. The third-order valence-electron chi connectivity index (χ3n) is 3.45. The average molecular weight is 297 g/mol. The first-order valence-electron chi connectivity index (χ1n) is 6.79. The Balaban J connectivity index is 2.22. The Labute approximate surface area is 127 Å². The number of fused-ring (bicyclic) bond motifs is 1. The van der Waals surface area contributed by atoms with Crippen molar-refractivity contribution in [3.05, 3.63) is 52.1 Å². The maximum absolute atomic E-state index is 11.0. The van der Waals surface area contributed by atoms with Crippen molar-refractivity contribution in [3.63, 3.8) is 0 Å². The average Bonchev–Trinajstić information content (AvgIpc) is 2.89. The molecule has 0 fully saturated rings. The number of hydrogen-bond acceptors (Lipinski definition) is 5. The van der Waals surface area contributed by atoms with E-state index in [4.69, 9.17) is 4.42 Å². The van der Waals surface area contributed by atoms with Gasteiger partial charge in [0.1, 0.15) is 5.52 Å². The molecule has 22 heavy (non-hydrogen) atoms. The van der Waals surface area contributed by atoms with Gasteiger partial charge < -0.3 is 9.32 Å². The van der Waals surface area contributed by atoms with Crippen LogP contribution >= 0.6 is 0 Å². The van der Waals surface area contributed by atoms with Crippen LogP contribution in [0.5, 0.6) is 0 Å². The number of hydrogen-bond donors (Lipinski definition) is 0. The molecule has 6 nitrogen and oxygen atoms in total. The molecule has 0 spiro atoms. The number of nitrogens with zero attached hydrogens (tertiary/aromatic N) is 3. The second kappa shape index (κ2) is 5.14. The predicted molar refractivity (Wildman–Crippen MR) is 85.2 cm³/mol. The van der Waals surface area contributed by atoms with E-state index < -0.39 is 4.92 Å². The minimum Gasteiger partial charge on any atom is -0.436 e. The fourth-order valence-corrected chi connectivity index (χ4v) is 2.35. The van der Waals surface area contributed by atoms with Crippen LogP contribution in [0.4, 0.5) is 11.4 Å². The molecule has 3 rings (SSSR count). The van der Waals surface area contributed by atoms with Crippen molar-refractivity contribution in [3.8, 4) is 11.5 Å². The van der Waals surface area contributed by atoms with E-state index in [1.165, 1.54) is 12.1 Å². The predicted octanol–water partition coefficient (Wildman–Crippen LogP) is 3.78. The molecule has 1 heterocycles. The molecule has 0 amide bonds. The van der Waals surface area contributed by atoms with Crippen molar-refractivity contribution < 1.29 is 9.34 Å². The summed E-state index contributed by atoms with van der Waals surface area (Å²) >= 11 is 0. The molecule has 0 aliphatic rings. The summed E-state index contributed by atoms with van der Waals surface area (Å²) in [6, 6.07) is 10.4. The number of anilines is 1. The molecule has 0 aliphatic heterocycles. The number of nitro groups is 1. The molecular formula is C16H15N3O3. The molecule has 0 aliphatic carbocycles. The van der Waals surface area contributed by atoms with E-state index in [9.17, 15) is 10.1 Å². The highest BCUT2D eigenvalue weighted by Gasteiger charge is 2.18. The van der Waals surface area contributed by atoms with Gasteiger partial charge in [0, 0.05) is 31.9 Å². The molecule has 6 heteroatoms. The lowest BCUT2D eigenvalue weighted by Crippen LogP contribution is -2.10. The third-order valence-corrected chi connectivity index (χ3v) is 3.45. The van der Waals surface area contributed by atoms with Gasteiger partial charge in [-0.3, -0.25) is 10.1 Å². The molecule has 0 radical (unpaired) electrons. The zero-order chi connectivity index (χ0) is 15.9. The zero-order valence-corrected chi connectivity index (χ0v) is 12.5. The van der Waals surface area contributed by atoms with Crippen molar-refractivity contribution in [2.24, 2.45) is 0 Å².